The van der Waals surface area contributed by atoms with Gasteiger partial charge in [-0.25, -0.2) is 21.1 Å². The Morgan fingerprint density at radius 1 is 1.00 bits per heavy atom. The molecule has 2 atom stereocenters. The van der Waals surface area contributed by atoms with Crippen LogP contribution in [0, 0.1) is 0 Å². The first-order chi connectivity index (χ1) is 12.4. The Morgan fingerprint density at radius 2 is 1.56 bits per heavy atom. The van der Waals surface area contributed by atoms with Crippen LogP contribution in [0.1, 0.15) is 25.7 Å². The lowest BCUT2D eigenvalue weighted by atomic mass is 9.92. The monoisotopic (exact) mass is 440 g/mol. The number of hydrogen-bond acceptors (Lipinski definition) is 7. The Morgan fingerprint density at radius 3 is 2.04 bits per heavy atom. The third kappa shape index (κ3) is 5.41. The van der Waals surface area contributed by atoms with Gasteiger partial charge < -0.3 is 0 Å². The quantitative estimate of drug-likeness (QED) is 0.486. The van der Waals surface area contributed by atoms with E-state index in [-0.39, 0.29) is 10.6 Å². The van der Waals surface area contributed by atoms with Gasteiger partial charge in [0.25, 0.3) is 10.1 Å². The van der Waals surface area contributed by atoms with Crippen LogP contribution in [0.5, 0.6) is 0 Å². The van der Waals surface area contributed by atoms with E-state index in [2.05, 4.69) is 0 Å². The zero-order valence-corrected chi connectivity index (χ0v) is 17.8. The molecule has 0 bridgehead atoms. The molecule has 2 unspecified atom stereocenters. The van der Waals surface area contributed by atoms with Crippen molar-refractivity contribution in [3.05, 3.63) is 24.3 Å². The van der Waals surface area contributed by atoms with E-state index in [0.29, 0.717) is 12.8 Å². The third-order valence-corrected chi connectivity index (χ3v) is 7.64. The van der Waals surface area contributed by atoms with Crippen LogP contribution in [0.4, 0.5) is 5.69 Å². The molecule has 1 aromatic carbocycles. The SMILES string of the molecule is CN(C)S(=O)(=O)c1ccc(N(C2CCCCC2OS(C)(=O)=O)[SH](=O)=O)cc1. The van der Waals surface area contributed by atoms with E-state index in [0.717, 1.165) is 27.7 Å². The molecule has 1 saturated carbocycles. The number of rotatable bonds is 7. The molecule has 1 aliphatic rings. The molecule has 9 nitrogen and oxygen atoms in total. The van der Waals surface area contributed by atoms with Crippen molar-refractivity contribution in [3.8, 4) is 0 Å². The predicted molar refractivity (Wildman–Crippen MR) is 102 cm³/mol. The minimum Gasteiger partial charge on any atom is -0.267 e. The van der Waals surface area contributed by atoms with Crippen molar-refractivity contribution in [2.45, 2.75) is 42.7 Å². The number of thiol groups is 1. The van der Waals surface area contributed by atoms with Gasteiger partial charge >= 0.3 is 0 Å². The molecule has 1 fully saturated rings. The van der Waals surface area contributed by atoms with Crippen LogP contribution < -0.4 is 4.31 Å². The fourth-order valence-corrected chi connectivity index (χ4v) is 5.49. The molecule has 1 aliphatic carbocycles. The number of nitrogens with zero attached hydrogens (tertiary/aromatic N) is 2. The summed E-state index contributed by atoms with van der Waals surface area (Å²) in [4.78, 5) is 0.0323. The van der Waals surface area contributed by atoms with E-state index >= 15 is 0 Å². The highest BCUT2D eigenvalue weighted by molar-refractivity contribution is 7.89. The van der Waals surface area contributed by atoms with Crippen molar-refractivity contribution in [2.24, 2.45) is 0 Å². The normalized spacial score (nSPS) is 21.5. The van der Waals surface area contributed by atoms with Gasteiger partial charge in [0.05, 0.1) is 29.0 Å². The molecule has 154 valence electrons. The first-order valence-corrected chi connectivity index (χ1v) is 12.7. The second-order valence-electron chi connectivity index (χ2n) is 6.55. The first kappa shape index (κ1) is 22.1. The van der Waals surface area contributed by atoms with Crippen molar-refractivity contribution < 1.29 is 29.4 Å². The summed E-state index contributed by atoms with van der Waals surface area (Å²) in [6.45, 7) is 0. The van der Waals surface area contributed by atoms with Crippen molar-refractivity contribution in [3.63, 3.8) is 0 Å². The second kappa shape index (κ2) is 8.43. The Balaban J connectivity index is 2.39. The Kier molecular flexibility index (Phi) is 6.90. The highest BCUT2D eigenvalue weighted by Gasteiger charge is 2.35. The van der Waals surface area contributed by atoms with Gasteiger partial charge in [0.2, 0.25) is 20.9 Å². The maximum absolute atomic E-state index is 12.2. The lowest BCUT2D eigenvalue weighted by Crippen LogP contribution is -2.46. The summed E-state index contributed by atoms with van der Waals surface area (Å²) in [7, 11) is -7.66. The summed E-state index contributed by atoms with van der Waals surface area (Å²) in [6.07, 6.45) is 2.49. The zero-order valence-electron chi connectivity index (χ0n) is 15.3. The standard InChI is InChI=1S/C15H24N2O7S3/c1-16(2)27(22,23)13-10-8-12(9-11-13)17(25(18)19)14-6-4-5-7-15(14)24-26(3,20)21/h8-11,14-15,25H,4-7H2,1-3H3. The molecule has 0 aliphatic heterocycles. The molecule has 0 aromatic heterocycles. The molecule has 12 heteroatoms. The minimum absolute atomic E-state index is 0.0323. The summed E-state index contributed by atoms with van der Waals surface area (Å²) in [5, 5.41) is 0. The topological polar surface area (TPSA) is 118 Å². The fourth-order valence-electron chi connectivity index (χ4n) is 3.08. The average molecular weight is 441 g/mol. The summed E-state index contributed by atoms with van der Waals surface area (Å²) in [5.74, 6) is 0. The molecule has 1 aromatic rings. The van der Waals surface area contributed by atoms with Crippen molar-refractivity contribution in [2.75, 3.05) is 24.7 Å². The van der Waals surface area contributed by atoms with Crippen LogP contribution in [-0.4, -0.2) is 62.1 Å². The van der Waals surface area contributed by atoms with Gasteiger partial charge in [0.1, 0.15) is 0 Å². The molecule has 0 radical (unpaired) electrons. The molecular weight excluding hydrogens is 416 g/mol. The maximum atomic E-state index is 12.2. The number of anilines is 1. The Labute approximate surface area is 162 Å². The molecule has 0 saturated heterocycles. The Bertz CT molecular complexity index is 930. The first-order valence-electron chi connectivity index (χ1n) is 8.28. The number of benzene rings is 1. The zero-order chi connectivity index (χ0) is 20.4. The summed E-state index contributed by atoms with van der Waals surface area (Å²) >= 11 is 0. The fraction of sp³-hybridized carbons (Fsp3) is 0.600. The van der Waals surface area contributed by atoms with Crippen LogP contribution in [0.25, 0.3) is 0 Å². The van der Waals surface area contributed by atoms with Crippen LogP contribution >= 0.6 is 0 Å². The predicted octanol–water partition coefficient (Wildman–Crippen LogP) is 0.557. The molecule has 2 rings (SSSR count). The highest BCUT2D eigenvalue weighted by atomic mass is 32.2. The Hall–Kier alpha value is -1.21. The van der Waals surface area contributed by atoms with Gasteiger partial charge in [0.15, 0.2) is 0 Å². The second-order valence-corrected chi connectivity index (χ2v) is 11.2. The number of hydrogen-bond donors (Lipinski definition) is 1. The van der Waals surface area contributed by atoms with Gasteiger partial charge in [0, 0.05) is 14.1 Å². The molecule has 0 spiro atoms. The van der Waals surface area contributed by atoms with Gasteiger partial charge in [-0.1, -0.05) is 12.8 Å². The van der Waals surface area contributed by atoms with Crippen LogP contribution in [0.15, 0.2) is 29.2 Å². The summed E-state index contributed by atoms with van der Waals surface area (Å²) in [5.41, 5.74) is 0.262. The van der Waals surface area contributed by atoms with Gasteiger partial charge in [-0.15, -0.1) is 0 Å². The van der Waals surface area contributed by atoms with E-state index in [4.69, 9.17) is 4.18 Å². The largest absolute Gasteiger partial charge is 0.267 e. The van der Waals surface area contributed by atoms with Crippen LogP contribution in [0.3, 0.4) is 0 Å². The van der Waals surface area contributed by atoms with Gasteiger partial charge in [-0.05, 0) is 37.1 Å². The lowest BCUT2D eigenvalue weighted by Gasteiger charge is -2.36. The maximum Gasteiger partial charge on any atom is 0.264 e. The average Bonchev–Trinajstić information content (AvgIpc) is 2.55. The van der Waals surface area contributed by atoms with Crippen molar-refractivity contribution in [1.82, 2.24) is 4.31 Å². The molecule has 27 heavy (non-hydrogen) atoms. The molecular formula is C15H24N2O7S3. The van der Waals surface area contributed by atoms with Crippen LogP contribution in [-0.2, 0) is 35.2 Å². The smallest absolute Gasteiger partial charge is 0.264 e. The molecule has 0 N–H and O–H groups in total. The number of sulfonamides is 1. The minimum atomic E-state index is -3.74. The van der Waals surface area contributed by atoms with Crippen molar-refractivity contribution >= 4 is 36.7 Å². The van der Waals surface area contributed by atoms with Crippen LogP contribution in [0.2, 0.25) is 0 Å². The summed E-state index contributed by atoms with van der Waals surface area (Å²) in [6, 6.07) is 4.77. The molecule has 0 amide bonds. The van der Waals surface area contributed by atoms with E-state index in [1.54, 1.807) is 0 Å². The van der Waals surface area contributed by atoms with Gasteiger partial charge in [-0.3, -0.25) is 8.49 Å². The third-order valence-electron chi connectivity index (χ3n) is 4.34. The van der Waals surface area contributed by atoms with Crippen molar-refractivity contribution in [1.29, 1.82) is 0 Å². The van der Waals surface area contributed by atoms with E-state index < -0.39 is 43.2 Å². The van der Waals surface area contributed by atoms with Gasteiger partial charge in [-0.2, -0.15) is 8.42 Å². The van der Waals surface area contributed by atoms with E-state index in [9.17, 15) is 25.3 Å². The molecule has 0 heterocycles. The summed E-state index contributed by atoms with van der Waals surface area (Å²) < 4.78 is 78.5. The van der Waals surface area contributed by atoms with E-state index in [1.807, 2.05) is 0 Å². The highest BCUT2D eigenvalue weighted by Crippen LogP contribution is 2.31. The lowest BCUT2D eigenvalue weighted by molar-refractivity contribution is 0.142. The van der Waals surface area contributed by atoms with E-state index in [1.165, 1.54) is 38.4 Å².